The molecule has 1 fully saturated rings. The monoisotopic (exact) mass is 393 g/mol. The number of ether oxygens (including phenoxy) is 1. The number of amides is 2. The second kappa shape index (κ2) is 10.4. The third-order valence-corrected chi connectivity index (χ3v) is 4.95. The Balaban J connectivity index is 1.40. The van der Waals surface area contributed by atoms with Crippen molar-refractivity contribution in [2.75, 3.05) is 46.4 Å². The zero-order chi connectivity index (χ0) is 20.5. The number of methoxy groups -OCH3 is 1. The van der Waals surface area contributed by atoms with Crippen LogP contribution in [0.1, 0.15) is 15.9 Å². The number of nitrogens with one attached hydrogen (secondary N) is 1. The van der Waals surface area contributed by atoms with Crippen LogP contribution in [0, 0.1) is 0 Å². The standard InChI is InChI=1S/C23H27N3O3/c1-29-21-12-6-5-11-20(21)23(28)24-18-22(27)26-16-14-25(15-17-26)13-7-10-19-8-3-2-4-9-19/h2-12H,13-18H2,1H3,(H,24,28)/b10-7+. The fourth-order valence-corrected chi connectivity index (χ4v) is 3.28. The first-order valence-electron chi connectivity index (χ1n) is 9.80. The molecule has 1 N–H and O–H groups in total. The summed E-state index contributed by atoms with van der Waals surface area (Å²) in [5.41, 5.74) is 1.62. The van der Waals surface area contributed by atoms with Crippen LogP contribution in [0.2, 0.25) is 0 Å². The van der Waals surface area contributed by atoms with E-state index in [1.807, 2.05) is 18.2 Å². The summed E-state index contributed by atoms with van der Waals surface area (Å²) in [5.74, 6) is 0.128. The molecule has 1 saturated heterocycles. The Morgan fingerprint density at radius 2 is 1.69 bits per heavy atom. The molecule has 6 nitrogen and oxygen atoms in total. The lowest BCUT2D eigenvalue weighted by Crippen LogP contribution is -2.51. The minimum absolute atomic E-state index is 0.00914. The van der Waals surface area contributed by atoms with Crippen LogP contribution < -0.4 is 10.1 Å². The molecule has 1 aliphatic rings. The molecule has 0 spiro atoms. The molecule has 2 aromatic rings. The number of para-hydroxylation sites is 1. The van der Waals surface area contributed by atoms with Crippen molar-refractivity contribution in [1.82, 2.24) is 15.1 Å². The Bertz CT molecular complexity index is 843. The minimum Gasteiger partial charge on any atom is -0.496 e. The van der Waals surface area contributed by atoms with Crippen molar-refractivity contribution >= 4 is 17.9 Å². The summed E-state index contributed by atoms with van der Waals surface area (Å²) in [7, 11) is 1.52. The molecular weight excluding hydrogens is 366 g/mol. The lowest BCUT2D eigenvalue weighted by molar-refractivity contribution is -0.131. The summed E-state index contributed by atoms with van der Waals surface area (Å²) >= 11 is 0. The van der Waals surface area contributed by atoms with Gasteiger partial charge in [-0.2, -0.15) is 0 Å². The first-order valence-corrected chi connectivity index (χ1v) is 9.80. The van der Waals surface area contributed by atoms with Gasteiger partial charge < -0.3 is 15.0 Å². The summed E-state index contributed by atoms with van der Waals surface area (Å²) in [6, 6.07) is 17.2. The van der Waals surface area contributed by atoms with Crippen molar-refractivity contribution < 1.29 is 14.3 Å². The van der Waals surface area contributed by atoms with Crippen LogP contribution in [0.15, 0.2) is 60.7 Å². The quantitative estimate of drug-likeness (QED) is 0.784. The van der Waals surface area contributed by atoms with E-state index in [0.717, 1.165) is 19.6 Å². The van der Waals surface area contributed by atoms with Crippen molar-refractivity contribution in [3.8, 4) is 5.75 Å². The number of hydrogen-bond acceptors (Lipinski definition) is 4. The maximum Gasteiger partial charge on any atom is 0.255 e. The fourth-order valence-electron chi connectivity index (χ4n) is 3.28. The highest BCUT2D eigenvalue weighted by atomic mass is 16.5. The molecule has 0 atom stereocenters. The maximum absolute atomic E-state index is 12.4. The van der Waals surface area contributed by atoms with E-state index >= 15 is 0 Å². The lowest BCUT2D eigenvalue weighted by atomic mass is 10.2. The molecule has 0 saturated carbocycles. The predicted molar refractivity (Wildman–Crippen MR) is 114 cm³/mol. The number of piperazine rings is 1. The summed E-state index contributed by atoms with van der Waals surface area (Å²) in [5, 5.41) is 2.70. The topological polar surface area (TPSA) is 61.9 Å². The average molecular weight is 393 g/mol. The van der Waals surface area contributed by atoms with Crippen molar-refractivity contribution in [2.45, 2.75) is 0 Å². The maximum atomic E-state index is 12.4. The Kier molecular flexibility index (Phi) is 7.41. The van der Waals surface area contributed by atoms with Gasteiger partial charge in [-0.25, -0.2) is 0 Å². The van der Waals surface area contributed by atoms with Crippen LogP contribution in [0.5, 0.6) is 5.75 Å². The first kappa shape index (κ1) is 20.6. The third-order valence-electron chi connectivity index (χ3n) is 4.95. The van der Waals surface area contributed by atoms with Crippen LogP contribution in [0.25, 0.3) is 6.08 Å². The van der Waals surface area contributed by atoms with Crippen molar-refractivity contribution in [3.05, 3.63) is 71.8 Å². The zero-order valence-electron chi connectivity index (χ0n) is 16.7. The van der Waals surface area contributed by atoms with Crippen molar-refractivity contribution in [3.63, 3.8) is 0 Å². The predicted octanol–water partition coefficient (Wildman–Crippen LogP) is 2.28. The van der Waals surface area contributed by atoms with Crippen molar-refractivity contribution in [1.29, 1.82) is 0 Å². The van der Waals surface area contributed by atoms with E-state index < -0.39 is 0 Å². The van der Waals surface area contributed by atoms with Gasteiger partial charge in [-0.1, -0.05) is 54.6 Å². The Morgan fingerprint density at radius 1 is 1.00 bits per heavy atom. The van der Waals surface area contributed by atoms with Gasteiger partial charge in [0.15, 0.2) is 0 Å². The van der Waals surface area contributed by atoms with E-state index in [4.69, 9.17) is 4.74 Å². The average Bonchev–Trinajstić information content (AvgIpc) is 2.78. The second-order valence-electron chi connectivity index (χ2n) is 6.88. The molecule has 6 heteroatoms. The number of benzene rings is 2. The van der Waals surface area contributed by atoms with Crippen LogP contribution >= 0.6 is 0 Å². The first-order chi connectivity index (χ1) is 14.2. The van der Waals surface area contributed by atoms with Crippen LogP contribution in [0.4, 0.5) is 0 Å². The number of carbonyl (C=O) groups excluding carboxylic acids is 2. The molecule has 0 aromatic heterocycles. The summed E-state index contributed by atoms with van der Waals surface area (Å²) < 4.78 is 5.19. The van der Waals surface area contributed by atoms with E-state index in [1.54, 1.807) is 29.2 Å². The molecule has 0 radical (unpaired) electrons. The summed E-state index contributed by atoms with van der Waals surface area (Å²) in [4.78, 5) is 28.9. The van der Waals surface area contributed by atoms with E-state index in [2.05, 4.69) is 34.5 Å². The van der Waals surface area contributed by atoms with E-state index in [-0.39, 0.29) is 18.4 Å². The van der Waals surface area contributed by atoms with Gasteiger partial charge in [0.2, 0.25) is 5.91 Å². The number of hydrogen-bond donors (Lipinski definition) is 1. The third kappa shape index (κ3) is 5.93. The van der Waals surface area contributed by atoms with Gasteiger partial charge in [0.25, 0.3) is 5.91 Å². The molecule has 2 amide bonds. The molecule has 0 aliphatic carbocycles. The molecule has 1 aliphatic heterocycles. The van der Waals surface area contributed by atoms with Gasteiger partial charge in [0.1, 0.15) is 5.75 Å². The Labute approximate surface area is 171 Å². The highest BCUT2D eigenvalue weighted by Crippen LogP contribution is 2.16. The summed E-state index contributed by atoms with van der Waals surface area (Å²) in [6.07, 6.45) is 4.27. The van der Waals surface area contributed by atoms with E-state index in [0.29, 0.717) is 24.4 Å². The number of nitrogens with zero attached hydrogens (tertiary/aromatic N) is 2. The van der Waals surface area contributed by atoms with Gasteiger partial charge in [0, 0.05) is 32.7 Å². The lowest BCUT2D eigenvalue weighted by Gasteiger charge is -2.34. The fraction of sp³-hybridized carbons (Fsp3) is 0.304. The van der Waals surface area contributed by atoms with Crippen LogP contribution in [0.3, 0.4) is 0 Å². The van der Waals surface area contributed by atoms with Gasteiger partial charge in [0.05, 0.1) is 19.2 Å². The molecule has 29 heavy (non-hydrogen) atoms. The Morgan fingerprint density at radius 3 is 2.41 bits per heavy atom. The highest BCUT2D eigenvalue weighted by Gasteiger charge is 2.21. The van der Waals surface area contributed by atoms with Crippen molar-refractivity contribution in [2.24, 2.45) is 0 Å². The SMILES string of the molecule is COc1ccccc1C(=O)NCC(=O)N1CCN(C/C=C/c2ccccc2)CC1. The van der Waals surface area contributed by atoms with Gasteiger partial charge in [-0.15, -0.1) is 0 Å². The van der Waals surface area contributed by atoms with Crippen LogP contribution in [-0.4, -0.2) is 68.0 Å². The molecule has 0 bridgehead atoms. The zero-order valence-corrected chi connectivity index (χ0v) is 16.7. The van der Waals surface area contributed by atoms with Gasteiger partial charge in [-0.05, 0) is 17.7 Å². The molecule has 1 heterocycles. The van der Waals surface area contributed by atoms with E-state index in [9.17, 15) is 9.59 Å². The molecule has 152 valence electrons. The largest absolute Gasteiger partial charge is 0.496 e. The Hall–Kier alpha value is -3.12. The minimum atomic E-state index is -0.305. The molecule has 3 rings (SSSR count). The normalized spacial score (nSPS) is 14.7. The summed E-state index contributed by atoms with van der Waals surface area (Å²) in [6.45, 7) is 3.84. The van der Waals surface area contributed by atoms with Crippen LogP contribution in [-0.2, 0) is 4.79 Å². The molecule has 0 unspecified atom stereocenters. The van der Waals surface area contributed by atoms with E-state index in [1.165, 1.54) is 12.7 Å². The number of rotatable bonds is 7. The van der Waals surface area contributed by atoms with Gasteiger partial charge >= 0.3 is 0 Å². The number of carbonyl (C=O) groups is 2. The molecular formula is C23H27N3O3. The highest BCUT2D eigenvalue weighted by molar-refractivity contribution is 5.98. The smallest absolute Gasteiger partial charge is 0.255 e. The second-order valence-corrected chi connectivity index (χ2v) is 6.88. The van der Waals surface area contributed by atoms with Gasteiger partial charge in [-0.3, -0.25) is 14.5 Å². The molecule has 2 aromatic carbocycles.